The van der Waals surface area contributed by atoms with E-state index in [0.717, 1.165) is 11.8 Å². The first-order valence-electron chi connectivity index (χ1n) is 10.5. The largest absolute Gasteiger partial charge is 0.0619 e. The van der Waals surface area contributed by atoms with Crippen LogP contribution in [0.5, 0.6) is 0 Å². The average Bonchev–Trinajstić information content (AvgIpc) is 3.01. The molecule has 0 bridgehead atoms. The summed E-state index contributed by atoms with van der Waals surface area (Å²) in [7, 11) is 0. The fourth-order valence-corrected chi connectivity index (χ4v) is 6.57. The topological polar surface area (TPSA) is 0 Å². The Morgan fingerprint density at radius 1 is 0.680 bits per heavy atom. The summed E-state index contributed by atoms with van der Waals surface area (Å²) in [5.74, 6) is 1.66. The molecule has 0 unspecified atom stereocenters. The number of hydrogen-bond donors (Lipinski definition) is 0. The predicted octanol–water partition coefficient (Wildman–Crippen LogP) is 6.91. The lowest BCUT2D eigenvalue weighted by Gasteiger charge is -2.48. The third kappa shape index (κ3) is 2.26. The third-order valence-electron chi connectivity index (χ3n) is 7.47. The van der Waals surface area contributed by atoms with Gasteiger partial charge in [-0.25, -0.2) is 0 Å². The number of fused-ring (bicyclic) bond motifs is 3. The maximum absolute atomic E-state index is 3.38. The molecular formula is C25H29. The zero-order valence-electron chi connectivity index (χ0n) is 15.3. The molecule has 0 amide bonds. The first-order valence-corrected chi connectivity index (χ1v) is 10.5. The van der Waals surface area contributed by atoms with Crippen molar-refractivity contribution in [3.63, 3.8) is 0 Å². The van der Waals surface area contributed by atoms with Gasteiger partial charge in [-0.05, 0) is 71.9 Å². The normalized spacial score (nSPS) is 23.2. The van der Waals surface area contributed by atoms with E-state index in [1.54, 1.807) is 11.1 Å². The van der Waals surface area contributed by atoms with Crippen molar-refractivity contribution in [2.45, 2.75) is 69.6 Å². The quantitative estimate of drug-likeness (QED) is 0.561. The van der Waals surface area contributed by atoms with Gasteiger partial charge in [-0.1, -0.05) is 74.9 Å². The van der Waals surface area contributed by atoms with E-state index in [9.17, 15) is 0 Å². The molecule has 2 aromatic rings. The first kappa shape index (κ1) is 15.7. The summed E-state index contributed by atoms with van der Waals surface area (Å²) in [5.41, 5.74) is 6.57. The molecule has 2 saturated carbocycles. The zero-order chi connectivity index (χ0) is 16.7. The van der Waals surface area contributed by atoms with Crippen LogP contribution in [0, 0.1) is 17.9 Å². The minimum absolute atomic E-state index is 0.280. The van der Waals surface area contributed by atoms with Gasteiger partial charge in [-0.3, -0.25) is 0 Å². The molecule has 25 heavy (non-hydrogen) atoms. The SMILES string of the molecule is [c]1ccc2c(c1)-c1ccccc1C2(C1CCCCC1)C1CCCCC1. The lowest BCUT2D eigenvalue weighted by Crippen LogP contribution is -2.44. The highest BCUT2D eigenvalue weighted by Crippen LogP contribution is 2.61. The monoisotopic (exact) mass is 329 g/mol. The molecule has 0 spiro atoms. The highest BCUT2D eigenvalue weighted by atomic mass is 14.6. The van der Waals surface area contributed by atoms with E-state index in [2.05, 4.69) is 48.5 Å². The predicted molar refractivity (Wildman–Crippen MR) is 105 cm³/mol. The van der Waals surface area contributed by atoms with E-state index < -0.39 is 0 Å². The van der Waals surface area contributed by atoms with E-state index in [4.69, 9.17) is 0 Å². The molecule has 3 aliphatic carbocycles. The Hall–Kier alpha value is -1.56. The number of benzene rings is 2. The van der Waals surface area contributed by atoms with Crippen molar-refractivity contribution in [1.29, 1.82) is 0 Å². The second-order valence-corrected chi connectivity index (χ2v) is 8.56. The molecule has 0 atom stereocenters. The molecule has 0 heteroatoms. The summed E-state index contributed by atoms with van der Waals surface area (Å²) in [6.07, 6.45) is 14.3. The van der Waals surface area contributed by atoms with Crippen molar-refractivity contribution in [1.82, 2.24) is 0 Å². The molecule has 0 aromatic heterocycles. The maximum atomic E-state index is 3.38. The van der Waals surface area contributed by atoms with Crippen LogP contribution in [0.4, 0.5) is 0 Å². The molecule has 0 saturated heterocycles. The van der Waals surface area contributed by atoms with Gasteiger partial charge in [0, 0.05) is 5.41 Å². The van der Waals surface area contributed by atoms with E-state index in [1.165, 1.54) is 75.3 Å². The summed E-state index contributed by atoms with van der Waals surface area (Å²) in [4.78, 5) is 0. The smallest absolute Gasteiger partial charge is 0.0271 e. The standard InChI is InChI=1S/C25H29/c1-3-11-19(12-4-1)25(20-13-5-2-6-14-20)23-17-9-7-15-21(23)22-16-8-10-18-24(22)25/h7,9-10,15-20H,1-6,11-14H2. The molecule has 0 heterocycles. The summed E-state index contributed by atoms with van der Waals surface area (Å²) < 4.78 is 0. The Balaban J connectivity index is 1.76. The molecule has 0 aliphatic heterocycles. The van der Waals surface area contributed by atoms with Crippen LogP contribution in [0.3, 0.4) is 0 Å². The van der Waals surface area contributed by atoms with Crippen LogP contribution < -0.4 is 0 Å². The van der Waals surface area contributed by atoms with Gasteiger partial charge in [0.15, 0.2) is 0 Å². The van der Waals surface area contributed by atoms with Gasteiger partial charge in [-0.2, -0.15) is 0 Å². The van der Waals surface area contributed by atoms with Gasteiger partial charge in [0.2, 0.25) is 0 Å². The van der Waals surface area contributed by atoms with Crippen molar-refractivity contribution in [2.24, 2.45) is 11.8 Å². The van der Waals surface area contributed by atoms with Crippen molar-refractivity contribution in [3.05, 3.63) is 59.7 Å². The molecule has 5 rings (SSSR count). The summed E-state index contributed by atoms with van der Waals surface area (Å²) in [5, 5.41) is 0. The van der Waals surface area contributed by atoms with Crippen LogP contribution in [-0.4, -0.2) is 0 Å². The summed E-state index contributed by atoms with van der Waals surface area (Å²) in [6.45, 7) is 0. The maximum Gasteiger partial charge on any atom is 0.0271 e. The average molecular weight is 330 g/mol. The van der Waals surface area contributed by atoms with Gasteiger partial charge in [0.05, 0.1) is 0 Å². The minimum Gasteiger partial charge on any atom is -0.0619 e. The second kappa shape index (κ2) is 6.31. The Morgan fingerprint density at radius 2 is 1.28 bits per heavy atom. The van der Waals surface area contributed by atoms with E-state index in [-0.39, 0.29) is 5.41 Å². The molecule has 2 aromatic carbocycles. The zero-order valence-corrected chi connectivity index (χ0v) is 15.3. The molecule has 3 aliphatic rings. The Labute approximate surface area is 152 Å². The molecule has 0 nitrogen and oxygen atoms in total. The van der Waals surface area contributed by atoms with Crippen molar-refractivity contribution in [2.75, 3.05) is 0 Å². The van der Waals surface area contributed by atoms with Gasteiger partial charge in [0.25, 0.3) is 0 Å². The van der Waals surface area contributed by atoms with Crippen LogP contribution in [-0.2, 0) is 5.41 Å². The Bertz CT molecular complexity index is 679. The van der Waals surface area contributed by atoms with E-state index in [0.29, 0.717) is 0 Å². The lowest BCUT2D eigenvalue weighted by atomic mass is 9.55. The van der Waals surface area contributed by atoms with Gasteiger partial charge in [0.1, 0.15) is 0 Å². The van der Waals surface area contributed by atoms with Crippen LogP contribution in [0.1, 0.15) is 75.3 Å². The van der Waals surface area contributed by atoms with Crippen LogP contribution in [0.25, 0.3) is 11.1 Å². The number of hydrogen-bond acceptors (Lipinski definition) is 0. The Kier molecular flexibility index (Phi) is 3.95. The molecule has 1 radical (unpaired) electrons. The Morgan fingerprint density at radius 3 is 1.96 bits per heavy atom. The highest BCUT2D eigenvalue weighted by Gasteiger charge is 2.52. The minimum atomic E-state index is 0.280. The summed E-state index contributed by atoms with van der Waals surface area (Å²) in [6, 6.07) is 19.6. The van der Waals surface area contributed by atoms with Gasteiger partial charge < -0.3 is 0 Å². The molecule has 0 N–H and O–H groups in total. The third-order valence-corrected chi connectivity index (χ3v) is 7.47. The summed E-state index contributed by atoms with van der Waals surface area (Å²) >= 11 is 0. The fraction of sp³-hybridized carbons (Fsp3) is 0.520. The van der Waals surface area contributed by atoms with Crippen LogP contribution >= 0.6 is 0 Å². The highest BCUT2D eigenvalue weighted by molar-refractivity contribution is 5.81. The molecule has 129 valence electrons. The van der Waals surface area contributed by atoms with E-state index >= 15 is 0 Å². The number of rotatable bonds is 2. The van der Waals surface area contributed by atoms with Gasteiger partial charge in [-0.15, -0.1) is 0 Å². The van der Waals surface area contributed by atoms with Crippen molar-refractivity contribution in [3.8, 4) is 11.1 Å². The van der Waals surface area contributed by atoms with Crippen molar-refractivity contribution < 1.29 is 0 Å². The van der Waals surface area contributed by atoms with Crippen molar-refractivity contribution >= 4 is 0 Å². The second-order valence-electron chi connectivity index (χ2n) is 8.56. The fourth-order valence-electron chi connectivity index (χ4n) is 6.57. The van der Waals surface area contributed by atoms with Crippen LogP contribution in [0.2, 0.25) is 0 Å². The first-order chi connectivity index (χ1) is 12.4. The lowest BCUT2D eigenvalue weighted by molar-refractivity contribution is 0.137. The molecule has 2 fully saturated rings. The van der Waals surface area contributed by atoms with E-state index in [1.807, 2.05) is 0 Å². The molecular weight excluding hydrogens is 300 g/mol. The van der Waals surface area contributed by atoms with Gasteiger partial charge >= 0.3 is 0 Å². The van der Waals surface area contributed by atoms with Crippen LogP contribution in [0.15, 0.2) is 42.5 Å².